The van der Waals surface area contributed by atoms with Crippen LogP contribution in [0.5, 0.6) is 0 Å². The van der Waals surface area contributed by atoms with Crippen molar-refractivity contribution < 1.29 is 13.2 Å². The first kappa shape index (κ1) is 21.5. The molecule has 1 heterocycles. The third kappa shape index (κ3) is 4.66. The predicted molar refractivity (Wildman–Crippen MR) is 114 cm³/mol. The highest BCUT2D eigenvalue weighted by Crippen LogP contribution is 2.31. The van der Waals surface area contributed by atoms with Crippen LogP contribution in [0.2, 0.25) is 10.0 Å². The molecule has 0 bridgehead atoms. The minimum Gasteiger partial charge on any atom is -0.339 e. The molecule has 0 saturated carbocycles. The number of amides is 1. The van der Waals surface area contributed by atoms with Crippen molar-refractivity contribution in [3.8, 4) is 0 Å². The molecule has 0 unspecified atom stereocenters. The van der Waals surface area contributed by atoms with Crippen LogP contribution in [0.25, 0.3) is 0 Å². The van der Waals surface area contributed by atoms with Crippen LogP contribution in [-0.4, -0.2) is 55.5 Å². The number of hydrogen-bond donors (Lipinski definition) is 0. The Hall–Kier alpha value is -1.25. The Labute approximate surface area is 179 Å². The minimum absolute atomic E-state index is 0.00319. The van der Waals surface area contributed by atoms with Crippen LogP contribution in [0.3, 0.4) is 0 Å². The van der Waals surface area contributed by atoms with Gasteiger partial charge in [-0.1, -0.05) is 47.5 Å². The van der Waals surface area contributed by atoms with E-state index < -0.39 is 10.0 Å². The number of carbonyl (C=O) groups is 1. The molecular weight excluding hydrogens is 439 g/mol. The number of halogens is 2. The molecule has 1 aliphatic heterocycles. The van der Waals surface area contributed by atoms with Crippen LogP contribution in [0.15, 0.2) is 52.3 Å². The number of benzene rings is 2. The van der Waals surface area contributed by atoms with Crippen LogP contribution in [0.1, 0.15) is 5.56 Å². The lowest BCUT2D eigenvalue weighted by Crippen LogP contribution is -2.51. The molecule has 0 spiro atoms. The van der Waals surface area contributed by atoms with Gasteiger partial charge < -0.3 is 4.90 Å². The standard InChI is InChI=1S/C19H20Cl2N2O3S2/c1-14-5-2-3-7-16(14)27-13-18(24)22-9-11-23(12-10-22)28(25,26)17-8-4-6-15(20)19(17)21/h2-8H,9-13H2,1H3. The van der Waals surface area contributed by atoms with Gasteiger partial charge in [0.25, 0.3) is 0 Å². The molecule has 1 amide bonds. The molecule has 0 aromatic heterocycles. The second-order valence-corrected chi connectivity index (χ2v) is 10.1. The largest absolute Gasteiger partial charge is 0.339 e. The molecule has 0 atom stereocenters. The van der Waals surface area contributed by atoms with Crippen molar-refractivity contribution in [2.24, 2.45) is 0 Å². The van der Waals surface area contributed by atoms with Gasteiger partial charge in [0.15, 0.2) is 0 Å². The lowest BCUT2D eigenvalue weighted by atomic mass is 10.2. The molecule has 1 aliphatic rings. The zero-order valence-corrected chi connectivity index (χ0v) is 18.4. The van der Waals surface area contributed by atoms with Gasteiger partial charge in [-0.2, -0.15) is 4.31 Å². The average molecular weight is 459 g/mol. The Bertz CT molecular complexity index is 975. The number of nitrogens with zero attached hydrogens (tertiary/aromatic N) is 2. The van der Waals surface area contributed by atoms with Crippen molar-refractivity contribution in [2.45, 2.75) is 16.7 Å². The summed E-state index contributed by atoms with van der Waals surface area (Å²) in [5.74, 6) is 0.337. The van der Waals surface area contributed by atoms with Gasteiger partial charge in [0.05, 0.1) is 15.8 Å². The van der Waals surface area contributed by atoms with Gasteiger partial charge in [0, 0.05) is 31.1 Å². The molecule has 3 rings (SSSR count). The molecule has 0 radical (unpaired) electrons. The number of carbonyl (C=O) groups excluding carboxylic acids is 1. The molecule has 28 heavy (non-hydrogen) atoms. The lowest BCUT2D eigenvalue weighted by molar-refractivity contribution is -0.129. The highest BCUT2D eigenvalue weighted by Gasteiger charge is 2.31. The van der Waals surface area contributed by atoms with E-state index in [-0.39, 0.29) is 33.9 Å². The number of sulfonamides is 1. The molecule has 2 aromatic carbocycles. The summed E-state index contributed by atoms with van der Waals surface area (Å²) in [7, 11) is -3.75. The Morgan fingerprint density at radius 2 is 1.71 bits per heavy atom. The summed E-state index contributed by atoms with van der Waals surface area (Å²) >= 11 is 13.5. The summed E-state index contributed by atoms with van der Waals surface area (Å²) in [5.41, 5.74) is 1.13. The van der Waals surface area contributed by atoms with E-state index in [1.165, 1.54) is 22.1 Å². The predicted octanol–water partition coefficient (Wildman–Crippen LogP) is 3.93. The summed E-state index contributed by atoms with van der Waals surface area (Å²) < 4.78 is 27.1. The summed E-state index contributed by atoms with van der Waals surface area (Å²) in [6, 6.07) is 12.5. The minimum atomic E-state index is -3.75. The summed E-state index contributed by atoms with van der Waals surface area (Å²) in [6.07, 6.45) is 0. The van der Waals surface area contributed by atoms with Crippen LogP contribution >= 0.6 is 35.0 Å². The quantitative estimate of drug-likeness (QED) is 0.636. The number of thioether (sulfide) groups is 1. The number of piperazine rings is 1. The molecule has 150 valence electrons. The van der Waals surface area contributed by atoms with Crippen LogP contribution in [-0.2, 0) is 14.8 Å². The van der Waals surface area contributed by atoms with Crippen LogP contribution in [0, 0.1) is 6.92 Å². The molecule has 9 heteroatoms. The SMILES string of the molecule is Cc1ccccc1SCC(=O)N1CCN(S(=O)(=O)c2cccc(Cl)c2Cl)CC1. The number of aryl methyl sites for hydroxylation is 1. The van der Waals surface area contributed by atoms with Crippen LogP contribution < -0.4 is 0 Å². The maximum absolute atomic E-state index is 12.9. The number of hydrogen-bond acceptors (Lipinski definition) is 4. The van der Waals surface area contributed by atoms with E-state index in [0.717, 1.165) is 10.5 Å². The van der Waals surface area contributed by atoms with E-state index in [9.17, 15) is 13.2 Å². The fourth-order valence-corrected chi connectivity index (χ4v) is 6.04. The molecule has 1 saturated heterocycles. The van der Waals surface area contributed by atoms with Gasteiger partial charge in [-0.15, -0.1) is 11.8 Å². The molecule has 1 fully saturated rings. The fourth-order valence-electron chi connectivity index (χ4n) is 2.95. The number of rotatable bonds is 5. The maximum atomic E-state index is 12.9. The Morgan fingerprint density at radius 3 is 2.39 bits per heavy atom. The molecule has 2 aromatic rings. The second kappa shape index (κ2) is 9.05. The van der Waals surface area contributed by atoms with E-state index in [1.807, 2.05) is 31.2 Å². The van der Waals surface area contributed by atoms with Crippen molar-refractivity contribution in [1.82, 2.24) is 9.21 Å². The van der Waals surface area contributed by atoms with E-state index in [0.29, 0.717) is 18.8 Å². The van der Waals surface area contributed by atoms with Crippen molar-refractivity contribution in [2.75, 3.05) is 31.9 Å². The van der Waals surface area contributed by atoms with Crippen LogP contribution in [0.4, 0.5) is 0 Å². The van der Waals surface area contributed by atoms with Gasteiger partial charge in [0.1, 0.15) is 4.90 Å². The van der Waals surface area contributed by atoms with E-state index in [2.05, 4.69) is 0 Å². The first-order valence-electron chi connectivity index (χ1n) is 8.71. The zero-order chi connectivity index (χ0) is 20.3. The topological polar surface area (TPSA) is 57.7 Å². The fraction of sp³-hybridized carbons (Fsp3) is 0.316. The Kier molecular flexibility index (Phi) is 6.94. The molecule has 0 aliphatic carbocycles. The van der Waals surface area contributed by atoms with E-state index in [4.69, 9.17) is 23.2 Å². The smallest absolute Gasteiger partial charge is 0.244 e. The van der Waals surface area contributed by atoms with Gasteiger partial charge in [-0.3, -0.25) is 4.79 Å². The maximum Gasteiger partial charge on any atom is 0.244 e. The van der Waals surface area contributed by atoms with Crippen molar-refractivity contribution >= 4 is 50.9 Å². The first-order chi connectivity index (χ1) is 13.3. The highest BCUT2D eigenvalue weighted by atomic mass is 35.5. The third-order valence-electron chi connectivity index (χ3n) is 4.57. The highest BCUT2D eigenvalue weighted by molar-refractivity contribution is 8.00. The Balaban J connectivity index is 1.60. The normalized spacial score (nSPS) is 15.6. The first-order valence-corrected chi connectivity index (χ1v) is 11.9. The van der Waals surface area contributed by atoms with Crippen molar-refractivity contribution in [1.29, 1.82) is 0 Å². The monoisotopic (exact) mass is 458 g/mol. The van der Waals surface area contributed by atoms with E-state index in [1.54, 1.807) is 17.0 Å². The van der Waals surface area contributed by atoms with Crippen molar-refractivity contribution in [3.05, 3.63) is 58.1 Å². The summed E-state index contributed by atoms with van der Waals surface area (Å²) in [4.78, 5) is 15.3. The third-order valence-corrected chi connectivity index (χ3v) is 8.60. The van der Waals surface area contributed by atoms with Gasteiger partial charge >= 0.3 is 0 Å². The Morgan fingerprint density at radius 1 is 1.04 bits per heavy atom. The molecule has 0 N–H and O–H groups in total. The average Bonchev–Trinajstić information content (AvgIpc) is 2.69. The zero-order valence-electron chi connectivity index (χ0n) is 15.3. The molecular formula is C19H20Cl2N2O3S2. The molecule has 5 nitrogen and oxygen atoms in total. The van der Waals surface area contributed by atoms with Gasteiger partial charge in [-0.25, -0.2) is 8.42 Å². The van der Waals surface area contributed by atoms with Crippen molar-refractivity contribution in [3.63, 3.8) is 0 Å². The van der Waals surface area contributed by atoms with Gasteiger partial charge in [-0.05, 0) is 30.7 Å². The van der Waals surface area contributed by atoms with E-state index >= 15 is 0 Å². The summed E-state index contributed by atoms with van der Waals surface area (Å²) in [5, 5.41) is 0.224. The lowest BCUT2D eigenvalue weighted by Gasteiger charge is -2.34. The second-order valence-electron chi connectivity index (χ2n) is 6.39. The van der Waals surface area contributed by atoms with Gasteiger partial charge in [0.2, 0.25) is 15.9 Å². The summed E-state index contributed by atoms with van der Waals surface area (Å²) in [6.45, 7) is 3.17.